The molecular weight excluding hydrogens is 440 g/mol. The van der Waals surface area contributed by atoms with E-state index in [-0.39, 0.29) is 17.9 Å². The average Bonchev–Trinajstić information content (AvgIpc) is 3.31. The van der Waals surface area contributed by atoms with Gasteiger partial charge in [-0.3, -0.25) is 9.59 Å². The first-order valence-corrected chi connectivity index (χ1v) is 13.1. The lowest BCUT2D eigenvalue weighted by Gasteiger charge is -2.32. The third kappa shape index (κ3) is 7.28. The molecule has 172 valence electrons. The summed E-state index contributed by atoms with van der Waals surface area (Å²) < 4.78 is 0. The van der Waals surface area contributed by atoms with E-state index >= 15 is 0 Å². The van der Waals surface area contributed by atoms with Crippen LogP contribution in [0.1, 0.15) is 56.6 Å². The van der Waals surface area contributed by atoms with Crippen molar-refractivity contribution < 1.29 is 9.59 Å². The Kier molecular flexibility index (Phi) is 9.94. The van der Waals surface area contributed by atoms with Crippen LogP contribution in [-0.4, -0.2) is 34.6 Å². The topological polar surface area (TPSA) is 49.4 Å². The van der Waals surface area contributed by atoms with Gasteiger partial charge in [-0.05, 0) is 36.5 Å². The van der Waals surface area contributed by atoms with E-state index in [0.29, 0.717) is 30.2 Å². The van der Waals surface area contributed by atoms with Gasteiger partial charge in [-0.15, -0.1) is 0 Å². The molecule has 1 saturated carbocycles. The van der Waals surface area contributed by atoms with Crippen molar-refractivity contribution in [1.82, 2.24) is 10.2 Å². The minimum atomic E-state index is -0.488. The van der Waals surface area contributed by atoms with E-state index < -0.39 is 6.04 Å². The van der Waals surface area contributed by atoms with Crippen molar-refractivity contribution in [2.75, 3.05) is 5.75 Å². The van der Waals surface area contributed by atoms with Gasteiger partial charge in [-0.1, -0.05) is 79.9 Å². The molecule has 2 amide bonds. The smallest absolute Gasteiger partial charge is 0.243 e. The molecule has 2 aromatic carbocycles. The Morgan fingerprint density at radius 1 is 1.09 bits per heavy atom. The zero-order valence-corrected chi connectivity index (χ0v) is 20.3. The minimum absolute atomic E-state index is 0.00102. The molecule has 6 heteroatoms. The number of thioether (sulfide) groups is 1. The second kappa shape index (κ2) is 12.9. The Bertz CT molecular complexity index is 871. The van der Waals surface area contributed by atoms with Crippen molar-refractivity contribution >= 4 is 35.2 Å². The predicted molar refractivity (Wildman–Crippen MR) is 134 cm³/mol. The van der Waals surface area contributed by atoms with Crippen LogP contribution in [0.3, 0.4) is 0 Å². The third-order valence-electron chi connectivity index (χ3n) is 5.96. The number of carbonyl (C=O) groups is 2. The van der Waals surface area contributed by atoms with E-state index in [1.807, 2.05) is 49.4 Å². The number of rotatable bonds is 11. The standard InChI is InChI=1S/C26H33ClN2O2S/c1-2-24(26(31)28-22-13-7-8-14-22)29(18-21-12-6-9-15-23(21)27)25(30)16-17-32-19-20-10-4-3-5-11-20/h3-6,9-12,15,22,24H,2,7-8,13-14,16-19H2,1H3,(H,28,31). The van der Waals surface area contributed by atoms with Crippen LogP contribution < -0.4 is 5.32 Å². The van der Waals surface area contributed by atoms with Crippen molar-refractivity contribution in [3.8, 4) is 0 Å². The SMILES string of the molecule is CCC(C(=O)NC1CCCC1)N(Cc1ccccc1Cl)C(=O)CCSCc1ccccc1. The average molecular weight is 473 g/mol. The number of nitrogens with zero attached hydrogens (tertiary/aromatic N) is 1. The quantitative estimate of drug-likeness (QED) is 0.418. The highest BCUT2D eigenvalue weighted by Gasteiger charge is 2.30. The minimum Gasteiger partial charge on any atom is -0.352 e. The second-order valence-corrected chi connectivity index (χ2v) is 9.83. The van der Waals surface area contributed by atoms with Crippen molar-refractivity contribution in [2.24, 2.45) is 0 Å². The molecule has 0 saturated heterocycles. The number of benzene rings is 2. The Morgan fingerprint density at radius 2 is 1.78 bits per heavy atom. The summed E-state index contributed by atoms with van der Waals surface area (Å²) in [5.41, 5.74) is 2.12. The van der Waals surface area contributed by atoms with Gasteiger partial charge in [0.25, 0.3) is 0 Å². The van der Waals surface area contributed by atoms with Gasteiger partial charge in [0.05, 0.1) is 0 Å². The first-order chi connectivity index (χ1) is 15.6. The van der Waals surface area contributed by atoms with Gasteiger partial charge < -0.3 is 10.2 Å². The molecule has 1 fully saturated rings. The molecule has 32 heavy (non-hydrogen) atoms. The molecule has 0 radical (unpaired) electrons. The van der Waals surface area contributed by atoms with Crippen molar-refractivity contribution in [1.29, 1.82) is 0 Å². The van der Waals surface area contributed by atoms with E-state index in [2.05, 4.69) is 17.4 Å². The molecule has 0 spiro atoms. The Morgan fingerprint density at radius 3 is 2.47 bits per heavy atom. The summed E-state index contributed by atoms with van der Waals surface area (Å²) >= 11 is 8.13. The van der Waals surface area contributed by atoms with Gasteiger partial charge in [0.2, 0.25) is 11.8 Å². The second-order valence-electron chi connectivity index (χ2n) is 8.32. The molecule has 1 aliphatic rings. The first kappa shape index (κ1) is 24.7. The summed E-state index contributed by atoms with van der Waals surface area (Å²) in [5.74, 6) is 1.54. The Balaban J connectivity index is 1.66. The molecule has 1 aliphatic carbocycles. The maximum absolute atomic E-state index is 13.3. The van der Waals surface area contributed by atoms with E-state index in [0.717, 1.165) is 37.0 Å². The van der Waals surface area contributed by atoms with E-state index in [1.54, 1.807) is 16.7 Å². The van der Waals surface area contributed by atoms with Crippen LogP contribution in [0.2, 0.25) is 5.02 Å². The third-order valence-corrected chi connectivity index (χ3v) is 7.36. The fourth-order valence-electron chi connectivity index (χ4n) is 4.16. The highest BCUT2D eigenvalue weighted by molar-refractivity contribution is 7.98. The molecule has 2 aromatic rings. The zero-order valence-electron chi connectivity index (χ0n) is 18.8. The lowest BCUT2D eigenvalue weighted by Crippen LogP contribution is -2.51. The van der Waals surface area contributed by atoms with Crippen LogP contribution >= 0.6 is 23.4 Å². The lowest BCUT2D eigenvalue weighted by atomic mass is 10.1. The molecule has 1 N–H and O–H groups in total. The van der Waals surface area contributed by atoms with Crippen molar-refractivity contribution in [3.05, 3.63) is 70.7 Å². The van der Waals surface area contributed by atoms with Gasteiger partial charge in [0, 0.05) is 35.5 Å². The fraction of sp³-hybridized carbons (Fsp3) is 0.462. The Labute approximate surface area is 201 Å². The molecule has 1 unspecified atom stereocenters. The number of amides is 2. The van der Waals surface area contributed by atoms with Crippen LogP contribution in [0.15, 0.2) is 54.6 Å². The molecule has 0 aliphatic heterocycles. The molecule has 0 heterocycles. The summed E-state index contributed by atoms with van der Waals surface area (Å²) in [6, 6.07) is 17.5. The maximum atomic E-state index is 13.3. The van der Waals surface area contributed by atoms with Crippen LogP contribution in [0.4, 0.5) is 0 Å². The van der Waals surface area contributed by atoms with Crippen LogP contribution in [0.25, 0.3) is 0 Å². The summed E-state index contributed by atoms with van der Waals surface area (Å²) in [7, 11) is 0. The van der Waals surface area contributed by atoms with Crippen molar-refractivity contribution in [2.45, 2.75) is 69.8 Å². The van der Waals surface area contributed by atoms with Crippen LogP contribution in [-0.2, 0) is 21.9 Å². The van der Waals surface area contributed by atoms with Crippen LogP contribution in [0, 0.1) is 0 Å². The first-order valence-electron chi connectivity index (χ1n) is 11.5. The summed E-state index contributed by atoms with van der Waals surface area (Å²) in [6.45, 7) is 2.31. The summed E-state index contributed by atoms with van der Waals surface area (Å²) in [5, 5.41) is 3.80. The molecule has 0 aromatic heterocycles. The molecule has 4 nitrogen and oxygen atoms in total. The number of nitrogens with one attached hydrogen (secondary N) is 1. The summed E-state index contributed by atoms with van der Waals surface area (Å²) in [4.78, 5) is 28.2. The molecular formula is C26H33ClN2O2S. The van der Waals surface area contributed by atoms with E-state index in [4.69, 9.17) is 11.6 Å². The highest BCUT2D eigenvalue weighted by atomic mass is 35.5. The van der Waals surface area contributed by atoms with Gasteiger partial charge >= 0.3 is 0 Å². The normalized spacial score (nSPS) is 14.8. The highest BCUT2D eigenvalue weighted by Crippen LogP contribution is 2.23. The predicted octanol–water partition coefficient (Wildman–Crippen LogP) is 5.83. The molecule has 3 rings (SSSR count). The number of hydrogen-bond donors (Lipinski definition) is 1. The van der Waals surface area contributed by atoms with Gasteiger partial charge in [0.15, 0.2) is 0 Å². The van der Waals surface area contributed by atoms with Crippen molar-refractivity contribution in [3.63, 3.8) is 0 Å². The number of halogens is 1. The van der Waals surface area contributed by atoms with Crippen LogP contribution in [0.5, 0.6) is 0 Å². The van der Waals surface area contributed by atoms with Gasteiger partial charge in [-0.2, -0.15) is 11.8 Å². The maximum Gasteiger partial charge on any atom is 0.243 e. The monoisotopic (exact) mass is 472 g/mol. The largest absolute Gasteiger partial charge is 0.352 e. The van der Waals surface area contributed by atoms with E-state index in [1.165, 1.54) is 5.56 Å². The lowest BCUT2D eigenvalue weighted by molar-refractivity contribution is -0.141. The number of hydrogen-bond acceptors (Lipinski definition) is 3. The fourth-order valence-corrected chi connectivity index (χ4v) is 5.25. The Hall–Kier alpha value is -1.98. The molecule has 1 atom stereocenters. The van der Waals surface area contributed by atoms with E-state index in [9.17, 15) is 9.59 Å². The van der Waals surface area contributed by atoms with Gasteiger partial charge in [-0.25, -0.2) is 0 Å². The van der Waals surface area contributed by atoms with Gasteiger partial charge in [0.1, 0.15) is 6.04 Å². The molecule has 0 bridgehead atoms. The zero-order chi connectivity index (χ0) is 22.8. The summed E-state index contributed by atoms with van der Waals surface area (Å²) in [6.07, 6.45) is 5.33. The number of carbonyl (C=O) groups excluding carboxylic acids is 2.